The van der Waals surface area contributed by atoms with Crippen LogP contribution in [0.4, 0.5) is 4.39 Å². The van der Waals surface area contributed by atoms with Gasteiger partial charge in [0.1, 0.15) is 5.82 Å². The molecular weight excluding hydrogens is 441 g/mol. The van der Waals surface area contributed by atoms with Crippen LogP contribution in [0.2, 0.25) is 0 Å². The highest BCUT2D eigenvalue weighted by Crippen LogP contribution is 2.17. The number of carbonyl (C=O) groups is 1. The van der Waals surface area contributed by atoms with Crippen LogP contribution in [-0.4, -0.2) is 54.0 Å². The molecule has 1 aliphatic rings. The molecule has 1 fully saturated rings. The quantitative estimate of drug-likeness (QED) is 0.481. The average Bonchev–Trinajstić information content (AvgIpc) is 2.89. The molecule has 0 saturated carbocycles. The van der Waals surface area contributed by atoms with E-state index >= 15 is 0 Å². The van der Waals surface area contributed by atoms with Gasteiger partial charge in [0, 0.05) is 26.2 Å². The Kier molecular flexibility index (Phi) is 9.01. The highest BCUT2D eigenvalue weighted by atomic mass is 19.1. The third kappa shape index (κ3) is 7.21. The van der Waals surface area contributed by atoms with Crippen molar-refractivity contribution in [1.29, 1.82) is 0 Å². The number of nitrogens with two attached hydrogens (primary N) is 1. The number of ether oxygens (including phenoxy) is 1. The Morgan fingerprint density at radius 2 is 1.60 bits per heavy atom. The van der Waals surface area contributed by atoms with E-state index in [1.165, 1.54) is 11.6 Å². The minimum atomic E-state index is -0.674. The van der Waals surface area contributed by atoms with Gasteiger partial charge in [-0.2, -0.15) is 0 Å². The van der Waals surface area contributed by atoms with E-state index in [-0.39, 0.29) is 17.8 Å². The van der Waals surface area contributed by atoms with Gasteiger partial charge in [0.2, 0.25) is 5.91 Å². The summed E-state index contributed by atoms with van der Waals surface area (Å²) in [5, 5.41) is 0. The van der Waals surface area contributed by atoms with E-state index in [2.05, 4.69) is 17.0 Å². The summed E-state index contributed by atoms with van der Waals surface area (Å²) in [7, 11) is 0. The molecule has 1 aliphatic heterocycles. The SMILES string of the molecule is NC(CCc1ccccc1F)C(=O)N1CCN(Cc2ccccc2)C[C@H]1COCc1ccccc1. The van der Waals surface area contributed by atoms with Gasteiger partial charge in [0.25, 0.3) is 0 Å². The monoisotopic (exact) mass is 475 g/mol. The van der Waals surface area contributed by atoms with E-state index in [9.17, 15) is 9.18 Å². The average molecular weight is 476 g/mol. The minimum absolute atomic E-state index is 0.0889. The molecule has 3 aromatic carbocycles. The van der Waals surface area contributed by atoms with Crippen LogP contribution in [0.3, 0.4) is 0 Å². The lowest BCUT2D eigenvalue weighted by Crippen LogP contribution is -2.59. The van der Waals surface area contributed by atoms with Crippen LogP contribution >= 0.6 is 0 Å². The molecular formula is C29H34FN3O2. The Morgan fingerprint density at radius 1 is 0.943 bits per heavy atom. The van der Waals surface area contributed by atoms with Crippen LogP contribution in [-0.2, 0) is 29.1 Å². The normalized spacial score (nSPS) is 17.3. The lowest BCUT2D eigenvalue weighted by atomic mass is 10.0. The van der Waals surface area contributed by atoms with Gasteiger partial charge in [-0.3, -0.25) is 9.69 Å². The van der Waals surface area contributed by atoms with Gasteiger partial charge in [-0.1, -0.05) is 78.9 Å². The van der Waals surface area contributed by atoms with Crippen molar-refractivity contribution in [3.05, 3.63) is 107 Å². The Bertz CT molecular complexity index is 1060. The first kappa shape index (κ1) is 25.0. The Hall–Kier alpha value is -3.06. The summed E-state index contributed by atoms with van der Waals surface area (Å²) < 4.78 is 20.1. The Labute approximate surface area is 207 Å². The van der Waals surface area contributed by atoms with E-state index < -0.39 is 6.04 Å². The molecule has 184 valence electrons. The zero-order chi connectivity index (χ0) is 24.5. The predicted octanol–water partition coefficient (Wildman–Crippen LogP) is 4.02. The second kappa shape index (κ2) is 12.6. The molecule has 2 N–H and O–H groups in total. The topological polar surface area (TPSA) is 58.8 Å². The number of nitrogens with zero attached hydrogens (tertiary/aromatic N) is 2. The highest BCUT2D eigenvalue weighted by Gasteiger charge is 2.33. The predicted molar refractivity (Wildman–Crippen MR) is 136 cm³/mol. The summed E-state index contributed by atoms with van der Waals surface area (Å²) in [5.74, 6) is -0.345. The molecule has 3 aromatic rings. The van der Waals surface area contributed by atoms with Crippen LogP contribution < -0.4 is 5.73 Å². The molecule has 1 unspecified atom stereocenters. The molecule has 0 aromatic heterocycles. The summed E-state index contributed by atoms with van der Waals surface area (Å²) in [5.41, 5.74) is 9.26. The number of benzene rings is 3. The van der Waals surface area contributed by atoms with Crippen molar-refractivity contribution in [2.75, 3.05) is 26.2 Å². The van der Waals surface area contributed by atoms with E-state index in [1.807, 2.05) is 53.4 Å². The number of halogens is 1. The van der Waals surface area contributed by atoms with Crippen LogP contribution in [0.5, 0.6) is 0 Å². The fourth-order valence-electron chi connectivity index (χ4n) is 4.57. The fourth-order valence-corrected chi connectivity index (χ4v) is 4.57. The molecule has 0 aliphatic carbocycles. The van der Waals surface area contributed by atoms with E-state index in [4.69, 9.17) is 10.5 Å². The van der Waals surface area contributed by atoms with Crippen molar-refractivity contribution in [1.82, 2.24) is 9.80 Å². The highest BCUT2D eigenvalue weighted by molar-refractivity contribution is 5.82. The van der Waals surface area contributed by atoms with Crippen molar-refractivity contribution in [3.63, 3.8) is 0 Å². The van der Waals surface area contributed by atoms with Crippen molar-refractivity contribution < 1.29 is 13.9 Å². The third-order valence-corrected chi connectivity index (χ3v) is 6.52. The van der Waals surface area contributed by atoms with Crippen molar-refractivity contribution in [3.8, 4) is 0 Å². The second-order valence-electron chi connectivity index (χ2n) is 9.14. The van der Waals surface area contributed by atoms with Crippen molar-refractivity contribution >= 4 is 5.91 Å². The van der Waals surface area contributed by atoms with Crippen molar-refractivity contribution in [2.45, 2.75) is 38.1 Å². The summed E-state index contributed by atoms with van der Waals surface area (Å²) in [6.45, 7) is 3.85. The molecule has 1 heterocycles. The number of aryl methyl sites for hydroxylation is 1. The minimum Gasteiger partial charge on any atom is -0.375 e. The van der Waals surface area contributed by atoms with Gasteiger partial charge in [0.15, 0.2) is 0 Å². The smallest absolute Gasteiger partial charge is 0.239 e. The first-order valence-corrected chi connectivity index (χ1v) is 12.3. The number of hydrogen-bond acceptors (Lipinski definition) is 4. The molecule has 5 nitrogen and oxygen atoms in total. The molecule has 0 bridgehead atoms. The van der Waals surface area contributed by atoms with Crippen molar-refractivity contribution in [2.24, 2.45) is 5.73 Å². The summed E-state index contributed by atoms with van der Waals surface area (Å²) >= 11 is 0. The van der Waals surface area contributed by atoms with E-state index in [0.717, 1.165) is 25.2 Å². The summed E-state index contributed by atoms with van der Waals surface area (Å²) in [4.78, 5) is 17.6. The molecule has 4 rings (SSSR count). The maximum Gasteiger partial charge on any atom is 0.239 e. The van der Waals surface area contributed by atoms with E-state index in [1.54, 1.807) is 18.2 Å². The first-order chi connectivity index (χ1) is 17.1. The zero-order valence-corrected chi connectivity index (χ0v) is 20.1. The van der Waals surface area contributed by atoms with Gasteiger partial charge < -0.3 is 15.4 Å². The molecule has 0 spiro atoms. The van der Waals surface area contributed by atoms with Gasteiger partial charge in [-0.25, -0.2) is 4.39 Å². The largest absolute Gasteiger partial charge is 0.375 e. The maximum absolute atomic E-state index is 14.0. The number of piperazine rings is 1. The molecule has 2 atom stereocenters. The van der Waals surface area contributed by atoms with Gasteiger partial charge in [-0.05, 0) is 35.6 Å². The maximum atomic E-state index is 14.0. The van der Waals surface area contributed by atoms with Gasteiger partial charge in [-0.15, -0.1) is 0 Å². The standard InChI is InChI=1S/C29H34FN3O2/c30-27-14-8-7-13-25(27)15-16-28(31)29(34)33-18-17-32(19-23-9-3-1-4-10-23)20-26(33)22-35-21-24-11-5-2-6-12-24/h1-14,26,28H,15-22,31H2/t26-,28?/m0/s1. The van der Waals surface area contributed by atoms with Crippen LogP contribution in [0.1, 0.15) is 23.1 Å². The molecule has 0 radical (unpaired) electrons. The van der Waals surface area contributed by atoms with Crippen LogP contribution in [0.25, 0.3) is 0 Å². The number of hydrogen-bond donors (Lipinski definition) is 1. The third-order valence-electron chi connectivity index (χ3n) is 6.52. The zero-order valence-electron chi connectivity index (χ0n) is 20.1. The Morgan fingerprint density at radius 3 is 2.31 bits per heavy atom. The lowest BCUT2D eigenvalue weighted by molar-refractivity contribution is -0.140. The van der Waals surface area contributed by atoms with Crippen LogP contribution in [0, 0.1) is 5.82 Å². The summed E-state index contributed by atoms with van der Waals surface area (Å²) in [6.07, 6.45) is 0.838. The molecule has 6 heteroatoms. The second-order valence-corrected chi connectivity index (χ2v) is 9.14. The molecule has 1 amide bonds. The Balaban J connectivity index is 1.38. The molecule has 1 saturated heterocycles. The molecule has 35 heavy (non-hydrogen) atoms. The summed E-state index contributed by atoms with van der Waals surface area (Å²) in [6, 6.07) is 26.3. The van der Waals surface area contributed by atoms with Gasteiger partial charge in [0.05, 0.1) is 25.3 Å². The van der Waals surface area contributed by atoms with Gasteiger partial charge >= 0.3 is 0 Å². The van der Waals surface area contributed by atoms with Crippen LogP contribution in [0.15, 0.2) is 84.9 Å². The lowest BCUT2D eigenvalue weighted by Gasteiger charge is -2.42. The van der Waals surface area contributed by atoms with E-state index in [0.29, 0.717) is 38.2 Å². The first-order valence-electron chi connectivity index (χ1n) is 12.3. The number of rotatable bonds is 10. The fraction of sp³-hybridized carbons (Fsp3) is 0.345. The number of carbonyl (C=O) groups excluding carboxylic acids is 1. The number of amides is 1.